The first-order chi connectivity index (χ1) is 9.90. The average molecular weight is 288 g/mol. The Balaban J connectivity index is 2.00. The van der Waals surface area contributed by atoms with E-state index in [2.05, 4.69) is 27.4 Å². The van der Waals surface area contributed by atoms with E-state index in [1.54, 1.807) is 12.1 Å². The molecule has 2 aliphatic rings. The molecule has 3 nitrogen and oxygen atoms in total. The maximum Gasteiger partial charge on any atom is 0.172 e. The summed E-state index contributed by atoms with van der Waals surface area (Å²) in [7, 11) is 0. The number of fused-ring (bicyclic) bond motifs is 2. The zero-order valence-electron chi connectivity index (χ0n) is 13.0. The molecule has 21 heavy (non-hydrogen) atoms. The van der Waals surface area contributed by atoms with Gasteiger partial charge in [0, 0.05) is 17.8 Å². The number of rotatable bonds is 3. The molecular formula is C18H24O3. The Morgan fingerprint density at radius 2 is 1.90 bits per heavy atom. The summed E-state index contributed by atoms with van der Waals surface area (Å²) in [6.45, 7) is 10.5. The van der Waals surface area contributed by atoms with Gasteiger partial charge in [-0.05, 0) is 24.1 Å². The van der Waals surface area contributed by atoms with Crippen LogP contribution in [0.2, 0.25) is 0 Å². The topological polar surface area (TPSA) is 38.7 Å². The molecule has 2 bridgehead atoms. The molecule has 0 amide bonds. The Kier molecular flexibility index (Phi) is 3.38. The summed E-state index contributed by atoms with van der Waals surface area (Å²) in [5, 5.41) is 9.49. The summed E-state index contributed by atoms with van der Waals surface area (Å²) in [6.07, 6.45) is 3.77. The smallest absolute Gasteiger partial charge is 0.172 e. The van der Waals surface area contributed by atoms with Gasteiger partial charge in [-0.15, -0.1) is 6.58 Å². The first kappa shape index (κ1) is 14.6. The highest BCUT2D eigenvalue weighted by atomic mass is 16.8. The first-order valence-corrected chi connectivity index (χ1v) is 7.68. The number of phenols is 1. The summed E-state index contributed by atoms with van der Waals surface area (Å²) in [6, 6.07) is 7.24. The van der Waals surface area contributed by atoms with Gasteiger partial charge < -0.3 is 14.6 Å². The fourth-order valence-corrected chi connectivity index (χ4v) is 3.45. The molecule has 0 radical (unpaired) electrons. The molecule has 0 aliphatic carbocycles. The zero-order valence-corrected chi connectivity index (χ0v) is 13.0. The minimum absolute atomic E-state index is 0.0318. The zero-order chi connectivity index (χ0) is 15.3. The predicted molar refractivity (Wildman–Crippen MR) is 81.9 cm³/mol. The first-order valence-electron chi connectivity index (χ1n) is 7.68. The third-order valence-corrected chi connectivity index (χ3v) is 5.16. The van der Waals surface area contributed by atoms with Gasteiger partial charge in [-0.1, -0.05) is 39.0 Å². The molecule has 0 unspecified atom stereocenters. The molecular weight excluding hydrogens is 264 g/mol. The van der Waals surface area contributed by atoms with Crippen LogP contribution in [0.15, 0.2) is 36.9 Å². The van der Waals surface area contributed by atoms with Gasteiger partial charge in [0.1, 0.15) is 18.0 Å². The molecule has 1 aromatic rings. The molecule has 114 valence electrons. The summed E-state index contributed by atoms with van der Waals surface area (Å²) < 4.78 is 12.8. The fraction of sp³-hybridized carbons (Fsp3) is 0.556. The van der Waals surface area contributed by atoms with Crippen molar-refractivity contribution in [3.8, 4) is 5.75 Å². The molecule has 0 saturated carbocycles. The largest absolute Gasteiger partial charge is 0.508 e. The molecule has 1 aromatic carbocycles. The van der Waals surface area contributed by atoms with E-state index in [1.165, 1.54) is 0 Å². The van der Waals surface area contributed by atoms with Crippen LogP contribution < -0.4 is 0 Å². The quantitative estimate of drug-likeness (QED) is 0.848. The van der Waals surface area contributed by atoms with Crippen LogP contribution in [0.3, 0.4) is 0 Å². The third-order valence-electron chi connectivity index (χ3n) is 5.16. The summed E-state index contributed by atoms with van der Waals surface area (Å²) in [4.78, 5) is 0. The number of phenolic OH excluding ortho intramolecular Hbond substituents is 1. The van der Waals surface area contributed by atoms with Crippen molar-refractivity contribution in [1.29, 1.82) is 0 Å². The SMILES string of the molecule is C=C[C@]1(C)CC[C@@]2(C(C)C)O[C@H](c3ccc(O)cc3)[C@@H]1O2. The van der Waals surface area contributed by atoms with E-state index in [0.717, 1.165) is 18.4 Å². The van der Waals surface area contributed by atoms with E-state index in [4.69, 9.17) is 9.47 Å². The van der Waals surface area contributed by atoms with Crippen molar-refractivity contribution in [2.75, 3.05) is 0 Å². The van der Waals surface area contributed by atoms with E-state index in [-0.39, 0.29) is 23.4 Å². The van der Waals surface area contributed by atoms with E-state index >= 15 is 0 Å². The van der Waals surface area contributed by atoms with Gasteiger partial charge in [-0.3, -0.25) is 0 Å². The summed E-state index contributed by atoms with van der Waals surface area (Å²) >= 11 is 0. The van der Waals surface area contributed by atoms with Gasteiger partial charge in [0.2, 0.25) is 0 Å². The van der Waals surface area contributed by atoms with Gasteiger partial charge >= 0.3 is 0 Å². The Morgan fingerprint density at radius 1 is 1.24 bits per heavy atom. The summed E-state index contributed by atoms with van der Waals surface area (Å²) in [5.41, 5.74) is 0.965. The lowest BCUT2D eigenvalue weighted by Crippen LogP contribution is -2.46. The van der Waals surface area contributed by atoms with Crippen molar-refractivity contribution >= 4 is 0 Å². The van der Waals surface area contributed by atoms with Crippen LogP contribution in [0.4, 0.5) is 0 Å². The van der Waals surface area contributed by atoms with Gasteiger partial charge in [-0.25, -0.2) is 0 Å². The third kappa shape index (κ3) is 2.19. The second-order valence-corrected chi connectivity index (χ2v) is 6.84. The van der Waals surface area contributed by atoms with Crippen LogP contribution in [0, 0.1) is 11.3 Å². The summed E-state index contributed by atoms with van der Waals surface area (Å²) in [5.74, 6) is 0.0811. The Morgan fingerprint density at radius 3 is 2.48 bits per heavy atom. The van der Waals surface area contributed by atoms with Crippen molar-refractivity contribution < 1.29 is 14.6 Å². The minimum Gasteiger partial charge on any atom is -0.508 e. The van der Waals surface area contributed by atoms with Gasteiger partial charge in [-0.2, -0.15) is 0 Å². The molecule has 2 aliphatic heterocycles. The van der Waals surface area contributed by atoms with Crippen LogP contribution >= 0.6 is 0 Å². The van der Waals surface area contributed by atoms with Crippen molar-refractivity contribution in [2.24, 2.45) is 11.3 Å². The predicted octanol–water partition coefficient (Wildman–Crippen LogP) is 4.19. The standard InChI is InChI=1S/C18H24O3/c1-5-17(4)10-11-18(12(2)3)20-15(16(17)21-18)13-6-8-14(19)9-7-13/h5-9,12,15-16,19H,1,10-11H2,2-4H3/t15-,16+,17-,18-/m1/s1. The Labute approximate surface area is 126 Å². The maximum atomic E-state index is 9.49. The molecule has 0 aromatic heterocycles. The van der Waals surface area contributed by atoms with Crippen LogP contribution in [0.5, 0.6) is 5.75 Å². The molecule has 3 rings (SSSR count). The molecule has 2 fully saturated rings. The van der Waals surface area contributed by atoms with Crippen LogP contribution in [-0.4, -0.2) is 17.0 Å². The van der Waals surface area contributed by atoms with E-state index < -0.39 is 5.79 Å². The lowest BCUT2D eigenvalue weighted by atomic mass is 9.74. The number of benzene rings is 1. The fourth-order valence-electron chi connectivity index (χ4n) is 3.45. The Hall–Kier alpha value is -1.32. The van der Waals surface area contributed by atoms with Crippen LogP contribution in [-0.2, 0) is 9.47 Å². The van der Waals surface area contributed by atoms with E-state index in [1.807, 2.05) is 18.2 Å². The van der Waals surface area contributed by atoms with Crippen molar-refractivity contribution in [1.82, 2.24) is 0 Å². The van der Waals surface area contributed by atoms with E-state index in [9.17, 15) is 5.11 Å². The molecule has 4 atom stereocenters. The maximum absolute atomic E-state index is 9.49. The van der Waals surface area contributed by atoms with Gasteiger partial charge in [0.05, 0.1) is 0 Å². The monoisotopic (exact) mass is 288 g/mol. The lowest BCUT2D eigenvalue weighted by molar-refractivity contribution is -0.235. The highest BCUT2D eigenvalue weighted by Crippen LogP contribution is 2.56. The number of hydrogen-bond donors (Lipinski definition) is 1. The molecule has 1 N–H and O–H groups in total. The highest BCUT2D eigenvalue weighted by Gasteiger charge is 2.59. The van der Waals surface area contributed by atoms with Crippen molar-refractivity contribution in [2.45, 2.75) is 51.6 Å². The second-order valence-electron chi connectivity index (χ2n) is 6.84. The van der Waals surface area contributed by atoms with Crippen LogP contribution in [0.25, 0.3) is 0 Å². The average Bonchev–Trinajstić information content (AvgIpc) is 2.82. The number of aromatic hydroxyl groups is 1. The van der Waals surface area contributed by atoms with Gasteiger partial charge in [0.25, 0.3) is 0 Å². The van der Waals surface area contributed by atoms with Crippen LogP contribution in [0.1, 0.15) is 45.3 Å². The normalized spacial score (nSPS) is 38.7. The highest BCUT2D eigenvalue weighted by molar-refractivity contribution is 5.30. The molecule has 2 saturated heterocycles. The van der Waals surface area contributed by atoms with Gasteiger partial charge in [0.15, 0.2) is 5.79 Å². The molecule has 3 heteroatoms. The molecule has 2 heterocycles. The van der Waals surface area contributed by atoms with E-state index in [0.29, 0.717) is 5.92 Å². The van der Waals surface area contributed by atoms with Crippen molar-refractivity contribution in [3.63, 3.8) is 0 Å². The lowest BCUT2D eigenvalue weighted by Gasteiger charge is -2.42. The number of hydrogen-bond acceptors (Lipinski definition) is 3. The molecule has 0 spiro atoms. The van der Waals surface area contributed by atoms with Crippen molar-refractivity contribution in [3.05, 3.63) is 42.5 Å². The minimum atomic E-state index is -0.490. The second kappa shape index (κ2) is 4.85. The Bertz CT molecular complexity index is 536. The number of ether oxygens (including phenoxy) is 2.